The Bertz CT molecular complexity index is 1180. The standard InChI is InChI=1S/C28H30ClFN2O4/c1-2-35-28(34)22-6-4-14-32(18-22)27(33)26-13-12-25(36-26)19-31(16-20-8-10-23(29)11-9-20)17-21-5-3-7-24(30)15-21/h3,5,7-13,15,22H,2,4,6,14,16-19H2,1H3. The van der Waals surface area contributed by atoms with Crippen LogP contribution >= 0.6 is 11.6 Å². The van der Waals surface area contributed by atoms with Gasteiger partial charge in [0.2, 0.25) is 0 Å². The first-order valence-corrected chi connectivity index (χ1v) is 12.5. The monoisotopic (exact) mass is 512 g/mol. The normalized spacial score (nSPS) is 15.8. The number of rotatable bonds is 9. The van der Waals surface area contributed by atoms with Gasteiger partial charge in [-0.3, -0.25) is 14.5 Å². The zero-order chi connectivity index (χ0) is 25.5. The topological polar surface area (TPSA) is 63.0 Å². The van der Waals surface area contributed by atoms with Gasteiger partial charge in [0.15, 0.2) is 5.76 Å². The molecule has 4 rings (SSSR count). The second kappa shape index (κ2) is 12.2. The van der Waals surface area contributed by atoms with Crippen LogP contribution in [0.3, 0.4) is 0 Å². The lowest BCUT2D eigenvalue weighted by Gasteiger charge is -2.30. The summed E-state index contributed by atoms with van der Waals surface area (Å²) in [4.78, 5) is 29.0. The van der Waals surface area contributed by atoms with Crippen LogP contribution in [0.15, 0.2) is 65.1 Å². The Balaban J connectivity index is 1.45. The van der Waals surface area contributed by atoms with E-state index in [2.05, 4.69) is 4.90 Å². The highest BCUT2D eigenvalue weighted by molar-refractivity contribution is 6.30. The number of piperidine rings is 1. The number of amides is 1. The molecular formula is C28H30ClFN2O4. The Hall–Kier alpha value is -3.16. The minimum atomic E-state index is -0.307. The lowest BCUT2D eigenvalue weighted by atomic mass is 9.98. The Kier molecular flexibility index (Phi) is 8.78. The molecule has 8 heteroatoms. The predicted molar refractivity (Wildman–Crippen MR) is 135 cm³/mol. The van der Waals surface area contributed by atoms with Crippen molar-refractivity contribution in [1.82, 2.24) is 9.80 Å². The molecule has 1 atom stereocenters. The number of furan rings is 1. The van der Waals surface area contributed by atoms with E-state index in [1.807, 2.05) is 30.3 Å². The summed E-state index contributed by atoms with van der Waals surface area (Å²) in [5.74, 6) is -0.213. The third-order valence-corrected chi connectivity index (χ3v) is 6.45. The molecule has 0 saturated carbocycles. The van der Waals surface area contributed by atoms with Crippen molar-refractivity contribution in [3.05, 3.63) is 94.2 Å². The van der Waals surface area contributed by atoms with E-state index in [-0.39, 0.29) is 29.4 Å². The van der Waals surface area contributed by atoms with Gasteiger partial charge in [-0.05, 0) is 67.3 Å². The average Bonchev–Trinajstić information content (AvgIpc) is 3.33. The highest BCUT2D eigenvalue weighted by Crippen LogP contribution is 2.22. The first-order chi connectivity index (χ1) is 17.4. The van der Waals surface area contributed by atoms with Crippen LogP contribution in [0.4, 0.5) is 4.39 Å². The maximum Gasteiger partial charge on any atom is 0.310 e. The van der Waals surface area contributed by atoms with Crippen LogP contribution in [0.1, 0.15) is 47.2 Å². The number of benzene rings is 2. The SMILES string of the molecule is CCOC(=O)C1CCCN(C(=O)c2ccc(CN(Cc3ccc(Cl)cc3)Cc3cccc(F)c3)o2)C1. The Morgan fingerprint density at radius 3 is 2.61 bits per heavy atom. The summed E-state index contributed by atoms with van der Waals surface area (Å²) < 4.78 is 24.9. The van der Waals surface area contributed by atoms with Crippen LogP contribution in [0.5, 0.6) is 0 Å². The number of ether oxygens (including phenoxy) is 1. The maximum atomic E-state index is 13.8. The molecule has 2 aromatic carbocycles. The number of carbonyl (C=O) groups excluding carboxylic acids is 2. The Labute approximate surface area is 215 Å². The molecule has 1 saturated heterocycles. The fourth-order valence-corrected chi connectivity index (χ4v) is 4.60. The van der Waals surface area contributed by atoms with Crippen LogP contribution in [-0.2, 0) is 29.2 Å². The van der Waals surface area contributed by atoms with Crippen LogP contribution in [0, 0.1) is 11.7 Å². The minimum absolute atomic E-state index is 0.232. The molecule has 36 heavy (non-hydrogen) atoms. The maximum absolute atomic E-state index is 13.8. The van der Waals surface area contributed by atoms with E-state index in [9.17, 15) is 14.0 Å². The van der Waals surface area contributed by atoms with Gasteiger partial charge in [0.25, 0.3) is 5.91 Å². The van der Waals surface area contributed by atoms with Gasteiger partial charge in [-0.1, -0.05) is 35.9 Å². The summed E-state index contributed by atoms with van der Waals surface area (Å²) in [5, 5.41) is 0.660. The number of hydrogen-bond donors (Lipinski definition) is 0. The molecule has 2 heterocycles. The molecule has 0 spiro atoms. The summed E-state index contributed by atoms with van der Waals surface area (Å²) in [7, 11) is 0. The number of carbonyl (C=O) groups is 2. The van der Waals surface area contributed by atoms with Gasteiger partial charge >= 0.3 is 5.97 Å². The van der Waals surface area contributed by atoms with E-state index in [0.29, 0.717) is 56.5 Å². The van der Waals surface area contributed by atoms with E-state index in [4.69, 9.17) is 20.8 Å². The predicted octanol–water partition coefficient (Wildman–Crippen LogP) is 5.69. The number of likely N-dealkylation sites (tertiary alicyclic amines) is 1. The van der Waals surface area contributed by atoms with Gasteiger partial charge in [-0.15, -0.1) is 0 Å². The Morgan fingerprint density at radius 1 is 1.08 bits per heavy atom. The number of halogens is 2. The molecule has 3 aromatic rings. The molecule has 0 radical (unpaired) electrons. The molecule has 6 nitrogen and oxygen atoms in total. The molecular weight excluding hydrogens is 483 g/mol. The second-order valence-corrected chi connectivity index (χ2v) is 9.45. The fraction of sp³-hybridized carbons (Fsp3) is 0.357. The minimum Gasteiger partial charge on any atom is -0.466 e. The first-order valence-electron chi connectivity index (χ1n) is 12.2. The van der Waals surface area contributed by atoms with Crippen molar-refractivity contribution in [2.75, 3.05) is 19.7 Å². The molecule has 1 unspecified atom stereocenters. The Morgan fingerprint density at radius 2 is 1.86 bits per heavy atom. The van der Waals surface area contributed by atoms with Crippen LogP contribution in [0.25, 0.3) is 0 Å². The molecule has 0 N–H and O–H groups in total. The third kappa shape index (κ3) is 6.95. The lowest BCUT2D eigenvalue weighted by Crippen LogP contribution is -2.42. The summed E-state index contributed by atoms with van der Waals surface area (Å²) in [6, 6.07) is 17.6. The zero-order valence-corrected chi connectivity index (χ0v) is 21.0. The second-order valence-electron chi connectivity index (χ2n) is 9.01. The van der Waals surface area contributed by atoms with Gasteiger partial charge in [-0.25, -0.2) is 4.39 Å². The number of nitrogens with zero attached hydrogens (tertiary/aromatic N) is 2. The molecule has 190 valence electrons. The molecule has 1 aliphatic rings. The van der Waals surface area contributed by atoms with Crippen molar-refractivity contribution >= 4 is 23.5 Å². The molecule has 1 fully saturated rings. The van der Waals surface area contributed by atoms with Crippen LogP contribution < -0.4 is 0 Å². The number of hydrogen-bond acceptors (Lipinski definition) is 5. The van der Waals surface area contributed by atoms with Crippen molar-refractivity contribution in [2.24, 2.45) is 5.92 Å². The van der Waals surface area contributed by atoms with Gasteiger partial charge in [0, 0.05) is 31.2 Å². The van der Waals surface area contributed by atoms with Crippen molar-refractivity contribution in [3.8, 4) is 0 Å². The zero-order valence-electron chi connectivity index (χ0n) is 20.3. The van der Waals surface area contributed by atoms with Crippen LogP contribution in [-0.4, -0.2) is 41.4 Å². The van der Waals surface area contributed by atoms with Gasteiger partial charge in [0.1, 0.15) is 11.6 Å². The smallest absolute Gasteiger partial charge is 0.310 e. The summed E-state index contributed by atoms with van der Waals surface area (Å²) >= 11 is 6.03. The summed E-state index contributed by atoms with van der Waals surface area (Å²) in [6.07, 6.45) is 1.46. The largest absolute Gasteiger partial charge is 0.466 e. The fourth-order valence-electron chi connectivity index (χ4n) is 4.48. The highest BCUT2D eigenvalue weighted by Gasteiger charge is 2.31. The van der Waals surface area contributed by atoms with Crippen molar-refractivity contribution in [1.29, 1.82) is 0 Å². The first kappa shape index (κ1) is 25.9. The molecule has 1 aliphatic heterocycles. The van der Waals surface area contributed by atoms with Crippen molar-refractivity contribution < 1.29 is 23.1 Å². The third-order valence-electron chi connectivity index (χ3n) is 6.20. The van der Waals surface area contributed by atoms with Gasteiger partial charge in [-0.2, -0.15) is 0 Å². The molecule has 0 bridgehead atoms. The van der Waals surface area contributed by atoms with Crippen molar-refractivity contribution in [2.45, 2.75) is 39.4 Å². The summed E-state index contributed by atoms with van der Waals surface area (Å²) in [6.45, 7) is 4.52. The van der Waals surface area contributed by atoms with E-state index in [1.165, 1.54) is 12.1 Å². The summed E-state index contributed by atoms with van der Waals surface area (Å²) in [5.41, 5.74) is 1.89. The highest BCUT2D eigenvalue weighted by atomic mass is 35.5. The lowest BCUT2D eigenvalue weighted by molar-refractivity contribution is -0.149. The van der Waals surface area contributed by atoms with E-state index >= 15 is 0 Å². The van der Waals surface area contributed by atoms with E-state index in [1.54, 1.807) is 30.0 Å². The quantitative estimate of drug-likeness (QED) is 0.345. The number of esters is 1. The van der Waals surface area contributed by atoms with Gasteiger partial charge in [0.05, 0.1) is 19.1 Å². The average molecular weight is 513 g/mol. The van der Waals surface area contributed by atoms with Crippen molar-refractivity contribution in [3.63, 3.8) is 0 Å². The molecule has 1 amide bonds. The van der Waals surface area contributed by atoms with Gasteiger partial charge < -0.3 is 14.1 Å². The van der Waals surface area contributed by atoms with E-state index < -0.39 is 0 Å². The van der Waals surface area contributed by atoms with E-state index in [0.717, 1.165) is 17.5 Å². The van der Waals surface area contributed by atoms with Crippen LogP contribution in [0.2, 0.25) is 5.02 Å². The molecule has 1 aromatic heterocycles. The molecule has 0 aliphatic carbocycles.